The molecule has 14 heavy (non-hydrogen) atoms. The van der Waals surface area contributed by atoms with Crippen LogP contribution in [0.3, 0.4) is 0 Å². The first-order valence-corrected chi connectivity index (χ1v) is 5.64. The van der Waals surface area contributed by atoms with Crippen molar-refractivity contribution in [2.45, 2.75) is 26.3 Å². The van der Waals surface area contributed by atoms with E-state index >= 15 is 0 Å². The summed E-state index contributed by atoms with van der Waals surface area (Å²) in [6, 6.07) is 0. The standard InChI is InChI=1S/C9H13IN2O2/c1-2-3-4-14-9(13)7-12-6-8(10)5-11-12/h5-6H,2-4,7H2,1H3. The lowest BCUT2D eigenvalue weighted by atomic mass is 10.4. The normalized spacial score (nSPS) is 10.1. The molecule has 0 N–H and O–H groups in total. The van der Waals surface area contributed by atoms with E-state index in [-0.39, 0.29) is 12.5 Å². The third kappa shape index (κ3) is 4.08. The van der Waals surface area contributed by atoms with E-state index in [2.05, 4.69) is 34.6 Å². The Morgan fingerprint density at radius 2 is 2.50 bits per heavy atom. The lowest BCUT2D eigenvalue weighted by molar-refractivity contribution is -0.144. The summed E-state index contributed by atoms with van der Waals surface area (Å²) in [5.74, 6) is -0.224. The van der Waals surface area contributed by atoms with Gasteiger partial charge in [-0.3, -0.25) is 9.48 Å². The summed E-state index contributed by atoms with van der Waals surface area (Å²) in [6.07, 6.45) is 5.47. The van der Waals surface area contributed by atoms with Gasteiger partial charge in [-0.05, 0) is 29.0 Å². The first-order chi connectivity index (χ1) is 6.72. The molecule has 0 aliphatic carbocycles. The van der Waals surface area contributed by atoms with Gasteiger partial charge in [-0.2, -0.15) is 5.10 Å². The van der Waals surface area contributed by atoms with Crippen molar-refractivity contribution >= 4 is 28.6 Å². The molecule has 4 nitrogen and oxygen atoms in total. The van der Waals surface area contributed by atoms with Gasteiger partial charge in [0.25, 0.3) is 0 Å². The van der Waals surface area contributed by atoms with E-state index in [0.717, 1.165) is 16.4 Å². The molecule has 0 unspecified atom stereocenters. The highest BCUT2D eigenvalue weighted by Crippen LogP contribution is 2.01. The van der Waals surface area contributed by atoms with Crippen molar-refractivity contribution in [2.75, 3.05) is 6.61 Å². The molecule has 0 fully saturated rings. The summed E-state index contributed by atoms with van der Waals surface area (Å²) < 4.78 is 7.59. The zero-order valence-electron chi connectivity index (χ0n) is 8.07. The van der Waals surface area contributed by atoms with Crippen LogP contribution in [0, 0.1) is 3.57 Å². The van der Waals surface area contributed by atoms with Gasteiger partial charge in [0, 0.05) is 6.20 Å². The summed E-state index contributed by atoms with van der Waals surface area (Å²) in [7, 11) is 0. The first-order valence-electron chi connectivity index (χ1n) is 4.56. The molecule has 1 heterocycles. The molecule has 1 aromatic rings. The van der Waals surface area contributed by atoms with Crippen molar-refractivity contribution in [3.05, 3.63) is 16.0 Å². The number of ether oxygens (including phenoxy) is 1. The monoisotopic (exact) mass is 308 g/mol. The van der Waals surface area contributed by atoms with Crippen molar-refractivity contribution < 1.29 is 9.53 Å². The van der Waals surface area contributed by atoms with Gasteiger partial charge in [-0.15, -0.1) is 0 Å². The maximum absolute atomic E-state index is 11.2. The Hall–Kier alpha value is -0.590. The summed E-state index contributed by atoms with van der Waals surface area (Å²) in [4.78, 5) is 11.2. The highest BCUT2D eigenvalue weighted by Gasteiger charge is 2.04. The van der Waals surface area contributed by atoms with Gasteiger partial charge in [0.15, 0.2) is 0 Å². The fourth-order valence-corrected chi connectivity index (χ4v) is 1.38. The van der Waals surface area contributed by atoms with Gasteiger partial charge >= 0.3 is 5.97 Å². The maximum Gasteiger partial charge on any atom is 0.327 e. The number of halogens is 1. The van der Waals surface area contributed by atoms with E-state index in [0.29, 0.717) is 6.61 Å². The molecule has 1 rings (SSSR count). The van der Waals surface area contributed by atoms with Crippen LogP contribution in [0.4, 0.5) is 0 Å². The van der Waals surface area contributed by atoms with E-state index in [4.69, 9.17) is 4.74 Å². The third-order valence-corrected chi connectivity index (χ3v) is 2.21. The number of unbranched alkanes of at least 4 members (excludes halogenated alkanes) is 1. The Morgan fingerprint density at radius 1 is 1.71 bits per heavy atom. The van der Waals surface area contributed by atoms with E-state index < -0.39 is 0 Å². The lowest BCUT2D eigenvalue weighted by Crippen LogP contribution is -2.14. The predicted molar refractivity (Wildman–Crippen MR) is 60.8 cm³/mol. The van der Waals surface area contributed by atoms with Crippen molar-refractivity contribution in [1.29, 1.82) is 0 Å². The van der Waals surface area contributed by atoms with Gasteiger partial charge in [0.05, 0.1) is 16.4 Å². The van der Waals surface area contributed by atoms with Crippen molar-refractivity contribution in [3.8, 4) is 0 Å². The molecule has 0 amide bonds. The van der Waals surface area contributed by atoms with Gasteiger partial charge < -0.3 is 4.74 Å². The Labute approximate surface area is 96.8 Å². The second-order valence-electron chi connectivity index (χ2n) is 2.93. The number of carbonyl (C=O) groups is 1. The number of hydrogen-bond acceptors (Lipinski definition) is 3. The zero-order chi connectivity index (χ0) is 10.4. The molecule has 1 aromatic heterocycles. The summed E-state index contributed by atoms with van der Waals surface area (Å²) >= 11 is 2.15. The third-order valence-electron chi connectivity index (χ3n) is 1.65. The predicted octanol–water partition coefficient (Wildman–Crippen LogP) is 1.83. The van der Waals surface area contributed by atoms with Crippen LogP contribution in [0.25, 0.3) is 0 Å². The van der Waals surface area contributed by atoms with Crippen LogP contribution in [0.5, 0.6) is 0 Å². The van der Waals surface area contributed by atoms with E-state index in [1.54, 1.807) is 10.9 Å². The molecule has 5 heteroatoms. The van der Waals surface area contributed by atoms with E-state index in [1.165, 1.54) is 0 Å². The average Bonchev–Trinajstić information content (AvgIpc) is 2.52. The second-order valence-corrected chi connectivity index (χ2v) is 4.18. The minimum atomic E-state index is -0.224. The largest absolute Gasteiger partial charge is 0.464 e. The Bertz CT molecular complexity index is 299. The molecule has 0 atom stereocenters. The molecule has 0 bridgehead atoms. The highest BCUT2D eigenvalue weighted by molar-refractivity contribution is 14.1. The number of nitrogens with zero attached hydrogens (tertiary/aromatic N) is 2. The fraction of sp³-hybridized carbons (Fsp3) is 0.556. The Morgan fingerprint density at radius 3 is 3.07 bits per heavy atom. The average molecular weight is 308 g/mol. The molecule has 0 saturated heterocycles. The van der Waals surface area contributed by atoms with Crippen molar-refractivity contribution in [1.82, 2.24) is 9.78 Å². The molecular formula is C9H13IN2O2. The van der Waals surface area contributed by atoms with Crippen LogP contribution in [0.1, 0.15) is 19.8 Å². The molecule has 0 aliphatic heterocycles. The SMILES string of the molecule is CCCCOC(=O)Cn1cc(I)cn1. The van der Waals surface area contributed by atoms with Crippen LogP contribution in [0.15, 0.2) is 12.4 Å². The molecule has 0 aromatic carbocycles. The Kier molecular flexibility index (Phi) is 4.92. The number of aromatic nitrogens is 2. The van der Waals surface area contributed by atoms with E-state index in [1.807, 2.05) is 6.20 Å². The number of carbonyl (C=O) groups excluding carboxylic acids is 1. The van der Waals surface area contributed by atoms with Crippen LogP contribution >= 0.6 is 22.6 Å². The summed E-state index contributed by atoms with van der Waals surface area (Å²) in [6.45, 7) is 2.77. The minimum absolute atomic E-state index is 0.201. The Balaban J connectivity index is 2.27. The van der Waals surface area contributed by atoms with Gasteiger partial charge in [0.2, 0.25) is 0 Å². The smallest absolute Gasteiger partial charge is 0.327 e. The summed E-state index contributed by atoms with van der Waals surface area (Å²) in [5, 5.41) is 3.99. The number of esters is 1. The van der Waals surface area contributed by atoms with Crippen molar-refractivity contribution in [3.63, 3.8) is 0 Å². The topological polar surface area (TPSA) is 44.1 Å². The quantitative estimate of drug-likeness (QED) is 0.473. The fourth-order valence-electron chi connectivity index (χ4n) is 0.933. The van der Waals surface area contributed by atoms with Crippen LogP contribution < -0.4 is 0 Å². The lowest BCUT2D eigenvalue weighted by Gasteiger charge is -2.03. The van der Waals surface area contributed by atoms with E-state index in [9.17, 15) is 4.79 Å². The molecule has 0 saturated carbocycles. The summed E-state index contributed by atoms with van der Waals surface area (Å²) in [5.41, 5.74) is 0. The minimum Gasteiger partial charge on any atom is -0.464 e. The van der Waals surface area contributed by atoms with Crippen LogP contribution in [0.2, 0.25) is 0 Å². The van der Waals surface area contributed by atoms with Crippen LogP contribution in [-0.2, 0) is 16.1 Å². The molecule has 0 aliphatic rings. The second kappa shape index (κ2) is 6.00. The van der Waals surface area contributed by atoms with Gasteiger partial charge in [-0.1, -0.05) is 13.3 Å². The number of hydrogen-bond donors (Lipinski definition) is 0. The highest BCUT2D eigenvalue weighted by atomic mass is 127. The first kappa shape index (κ1) is 11.5. The zero-order valence-corrected chi connectivity index (χ0v) is 10.2. The molecule has 0 spiro atoms. The molecule has 0 radical (unpaired) electrons. The van der Waals surface area contributed by atoms with Gasteiger partial charge in [-0.25, -0.2) is 0 Å². The number of rotatable bonds is 5. The maximum atomic E-state index is 11.2. The molecular weight excluding hydrogens is 295 g/mol. The molecule has 78 valence electrons. The van der Waals surface area contributed by atoms with Crippen molar-refractivity contribution in [2.24, 2.45) is 0 Å². The van der Waals surface area contributed by atoms with Crippen LogP contribution in [-0.4, -0.2) is 22.4 Å². The van der Waals surface area contributed by atoms with Gasteiger partial charge in [0.1, 0.15) is 6.54 Å².